The molecule has 0 amide bonds. The summed E-state index contributed by atoms with van der Waals surface area (Å²) in [5, 5.41) is 6.18. The third-order valence-corrected chi connectivity index (χ3v) is 4.89. The van der Waals surface area contributed by atoms with Crippen LogP contribution in [0.5, 0.6) is 0 Å². The van der Waals surface area contributed by atoms with Gasteiger partial charge >= 0.3 is 6.18 Å². The topological polar surface area (TPSA) is 12.0 Å². The first-order valence-corrected chi connectivity index (χ1v) is 7.72. The summed E-state index contributed by atoms with van der Waals surface area (Å²) >= 11 is 1.64. The second-order valence-electron chi connectivity index (χ2n) is 5.36. The molecule has 1 nitrogen and oxygen atoms in total. The zero-order valence-corrected chi connectivity index (χ0v) is 11.7. The Hall–Kier alpha value is -1.23. The molecule has 1 aromatic heterocycles. The van der Waals surface area contributed by atoms with Gasteiger partial charge in [0.15, 0.2) is 0 Å². The summed E-state index contributed by atoms with van der Waals surface area (Å²) in [6.45, 7) is 0. The average molecular weight is 299 g/mol. The van der Waals surface area contributed by atoms with Crippen molar-refractivity contribution in [2.45, 2.75) is 37.9 Å². The number of thiophene rings is 1. The number of fused-ring (bicyclic) bond motifs is 1. The predicted molar refractivity (Wildman–Crippen MR) is 77.2 cm³/mol. The second kappa shape index (κ2) is 5.28. The molecule has 0 saturated heterocycles. The first-order chi connectivity index (χ1) is 9.54. The van der Waals surface area contributed by atoms with Gasteiger partial charge in [-0.1, -0.05) is 12.8 Å². The highest BCUT2D eigenvalue weighted by Gasteiger charge is 2.45. The Morgan fingerprint density at radius 3 is 2.70 bits per heavy atom. The highest BCUT2D eigenvalue weighted by molar-refractivity contribution is 7.17. The Bertz CT molecular complexity index is 590. The minimum atomic E-state index is -4.11. The zero-order chi connectivity index (χ0) is 14.2. The Labute approximate surface area is 119 Å². The van der Waals surface area contributed by atoms with Gasteiger partial charge in [0.1, 0.15) is 0 Å². The Kier molecular flexibility index (Phi) is 3.63. The van der Waals surface area contributed by atoms with Crippen LogP contribution in [0.4, 0.5) is 18.9 Å². The van der Waals surface area contributed by atoms with E-state index in [0.29, 0.717) is 12.8 Å². The molecule has 2 aromatic rings. The third-order valence-electron chi connectivity index (χ3n) is 3.99. The highest BCUT2D eigenvalue weighted by atomic mass is 32.1. The largest absolute Gasteiger partial charge is 0.393 e. The molecule has 20 heavy (non-hydrogen) atoms. The lowest BCUT2D eigenvalue weighted by atomic mass is 9.84. The van der Waals surface area contributed by atoms with Crippen LogP contribution in [0.3, 0.4) is 0 Å². The maximum Gasteiger partial charge on any atom is 0.393 e. The first kappa shape index (κ1) is 13.7. The third kappa shape index (κ3) is 2.77. The van der Waals surface area contributed by atoms with Crippen molar-refractivity contribution in [1.29, 1.82) is 0 Å². The van der Waals surface area contributed by atoms with Gasteiger partial charge in [0.25, 0.3) is 0 Å². The van der Waals surface area contributed by atoms with Crippen LogP contribution < -0.4 is 5.32 Å². The summed E-state index contributed by atoms with van der Waals surface area (Å²) in [6.07, 6.45) is -1.74. The van der Waals surface area contributed by atoms with Crippen molar-refractivity contribution in [1.82, 2.24) is 0 Å². The summed E-state index contributed by atoms with van der Waals surface area (Å²) in [4.78, 5) is 0. The molecule has 2 atom stereocenters. The number of alkyl halides is 3. The molecule has 0 bridgehead atoms. The molecule has 0 radical (unpaired) electrons. The molecular weight excluding hydrogens is 283 g/mol. The van der Waals surface area contributed by atoms with E-state index in [1.165, 1.54) is 0 Å². The molecule has 108 valence electrons. The van der Waals surface area contributed by atoms with Gasteiger partial charge in [-0.05, 0) is 47.9 Å². The van der Waals surface area contributed by atoms with Gasteiger partial charge < -0.3 is 5.32 Å². The van der Waals surface area contributed by atoms with E-state index in [1.807, 2.05) is 29.6 Å². The number of hydrogen-bond acceptors (Lipinski definition) is 2. The highest BCUT2D eigenvalue weighted by Crippen LogP contribution is 2.39. The number of benzene rings is 1. The van der Waals surface area contributed by atoms with Crippen LogP contribution in [0.15, 0.2) is 29.6 Å². The lowest BCUT2D eigenvalue weighted by Crippen LogP contribution is -2.41. The SMILES string of the molecule is FC(F)(F)C1CCCCC1Nc1ccc2sccc2c1. The Morgan fingerprint density at radius 1 is 1.10 bits per heavy atom. The van der Waals surface area contributed by atoms with Gasteiger partial charge in [-0.25, -0.2) is 0 Å². The number of nitrogens with one attached hydrogen (secondary N) is 1. The van der Waals surface area contributed by atoms with Crippen LogP contribution in [0.1, 0.15) is 25.7 Å². The predicted octanol–water partition coefficient (Wildman–Crippen LogP) is 5.43. The number of rotatable bonds is 2. The summed E-state index contributed by atoms with van der Waals surface area (Å²) in [7, 11) is 0. The smallest absolute Gasteiger partial charge is 0.382 e. The molecule has 1 aliphatic rings. The summed E-state index contributed by atoms with van der Waals surface area (Å²) in [6, 6.07) is 7.27. The van der Waals surface area contributed by atoms with Crippen molar-refractivity contribution >= 4 is 27.1 Å². The molecule has 1 heterocycles. The zero-order valence-electron chi connectivity index (χ0n) is 10.9. The van der Waals surface area contributed by atoms with Crippen molar-refractivity contribution in [3.8, 4) is 0 Å². The fraction of sp³-hybridized carbons (Fsp3) is 0.467. The van der Waals surface area contributed by atoms with Crippen molar-refractivity contribution < 1.29 is 13.2 Å². The molecule has 2 unspecified atom stereocenters. The van der Waals surface area contributed by atoms with E-state index in [0.717, 1.165) is 22.2 Å². The van der Waals surface area contributed by atoms with E-state index >= 15 is 0 Å². The first-order valence-electron chi connectivity index (χ1n) is 6.84. The van der Waals surface area contributed by atoms with Gasteiger partial charge in [-0.3, -0.25) is 0 Å². The standard InChI is InChI=1S/C15H16F3NS/c16-15(17,18)12-3-1-2-4-13(12)19-11-5-6-14-10(9-11)7-8-20-14/h5-9,12-13,19H,1-4H2. The van der Waals surface area contributed by atoms with E-state index in [9.17, 15) is 13.2 Å². The van der Waals surface area contributed by atoms with Crippen molar-refractivity contribution in [3.05, 3.63) is 29.6 Å². The summed E-state index contributed by atoms with van der Waals surface area (Å²) in [5.74, 6) is -1.23. The van der Waals surface area contributed by atoms with Crippen LogP contribution in [-0.4, -0.2) is 12.2 Å². The summed E-state index contributed by atoms with van der Waals surface area (Å²) in [5.41, 5.74) is 0.789. The van der Waals surface area contributed by atoms with E-state index in [4.69, 9.17) is 0 Å². The van der Waals surface area contributed by atoms with Crippen molar-refractivity contribution in [2.24, 2.45) is 5.92 Å². The number of halogens is 3. The fourth-order valence-electron chi connectivity index (χ4n) is 2.97. The van der Waals surface area contributed by atoms with Gasteiger partial charge in [-0.2, -0.15) is 13.2 Å². The van der Waals surface area contributed by atoms with Gasteiger partial charge in [0.05, 0.1) is 5.92 Å². The minimum Gasteiger partial charge on any atom is -0.382 e. The van der Waals surface area contributed by atoms with E-state index < -0.39 is 18.1 Å². The molecule has 0 spiro atoms. The Morgan fingerprint density at radius 2 is 1.90 bits per heavy atom. The number of hydrogen-bond donors (Lipinski definition) is 1. The van der Waals surface area contributed by atoms with Crippen molar-refractivity contribution in [3.63, 3.8) is 0 Å². The molecule has 3 rings (SSSR count). The average Bonchev–Trinajstić information content (AvgIpc) is 2.85. The molecular formula is C15H16F3NS. The minimum absolute atomic E-state index is 0.238. The lowest BCUT2D eigenvalue weighted by molar-refractivity contribution is -0.184. The normalized spacial score (nSPS) is 23.9. The van der Waals surface area contributed by atoms with E-state index in [2.05, 4.69) is 5.32 Å². The van der Waals surface area contributed by atoms with Crippen molar-refractivity contribution in [2.75, 3.05) is 5.32 Å². The molecule has 0 aliphatic heterocycles. The van der Waals surface area contributed by atoms with Gasteiger partial charge in [0, 0.05) is 16.4 Å². The quantitative estimate of drug-likeness (QED) is 0.779. The van der Waals surface area contributed by atoms with Gasteiger partial charge in [0.2, 0.25) is 0 Å². The van der Waals surface area contributed by atoms with Gasteiger partial charge in [-0.15, -0.1) is 11.3 Å². The van der Waals surface area contributed by atoms with Crippen LogP contribution in [0.25, 0.3) is 10.1 Å². The van der Waals surface area contributed by atoms with E-state index in [-0.39, 0.29) is 6.42 Å². The second-order valence-corrected chi connectivity index (χ2v) is 6.30. The lowest BCUT2D eigenvalue weighted by Gasteiger charge is -2.34. The van der Waals surface area contributed by atoms with Crippen LogP contribution in [0.2, 0.25) is 0 Å². The fourth-order valence-corrected chi connectivity index (χ4v) is 3.74. The molecule has 1 saturated carbocycles. The molecule has 1 aromatic carbocycles. The maximum absolute atomic E-state index is 13.1. The number of anilines is 1. The maximum atomic E-state index is 13.1. The Balaban J connectivity index is 1.80. The monoisotopic (exact) mass is 299 g/mol. The molecule has 1 fully saturated rings. The summed E-state index contributed by atoms with van der Waals surface area (Å²) < 4.78 is 40.3. The molecule has 1 aliphatic carbocycles. The molecule has 1 N–H and O–H groups in total. The van der Waals surface area contributed by atoms with Crippen LogP contribution in [-0.2, 0) is 0 Å². The van der Waals surface area contributed by atoms with E-state index in [1.54, 1.807) is 11.3 Å². The van der Waals surface area contributed by atoms with Crippen LogP contribution >= 0.6 is 11.3 Å². The molecule has 5 heteroatoms. The van der Waals surface area contributed by atoms with Crippen LogP contribution in [0, 0.1) is 5.92 Å².